The Labute approximate surface area is 138 Å². The van der Waals surface area contributed by atoms with Crippen LogP contribution in [0.2, 0.25) is 0 Å². The van der Waals surface area contributed by atoms with E-state index < -0.39 is 0 Å². The third-order valence-electron chi connectivity index (χ3n) is 4.64. The van der Waals surface area contributed by atoms with Gasteiger partial charge in [0.15, 0.2) is 0 Å². The molecule has 0 aromatic heterocycles. The zero-order chi connectivity index (χ0) is 16.1. The van der Waals surface area contributed by atoms with E-state index in [-0.39, 0.29) is 5.91 Å². The molecule has 0 aliphatic carbocycles. The third kappa shape index (κ3) is 4.13. The maximum absolute atomic E-state index is 12.6. The summed E-state index contributed by atoms with van der Waals surface area (Å²) in [6.07, 6.45) is 4.81. The van der Waals surface area contributed by atoms with Crippen LogP contribution in [0.5, 0.6) is 0 Å². The standard InChI is InChI=1S/C20H24N2O/c21-18-11-8-17(9-12-18)15-20(23)22-14-4-7-19(22)13-10-16-5-2-1-3-6-16/h1-3,5-6,8-9,11-12,19H,4,7,10,13-15,21H2/t19-/m0/s1. The SMILES string of the molecule is Nc1ccc(CC(=O)N2CCC[C@H]2CCc2ccccc2)cc1. The van der Waals surface area contributed by atoms with Gasteiger partial charge in [-0.15, -0.1) is 0 Å². The molecule has 0 saturated carbocycles. The number of anilines is 1. The van der Waals surface area contributed by atoms with Gasteiger partial charge in [0.05, 0.1) is 6.42 Å². The summed E-state index contributed by atoms with van der Waals surface area (Å²) in [5, 5.41) is 0. The van der Waals surface area contributed by atoms with Gasteiger partial charge in [-0.3, -0.25) is 4.79 Å². The van der Waals surface area contributed by atoms with Crippen molar-refractivity contribution in [3.63, 3.8) is 0 Å². The molecule has 120 valence electrons. The number of likely N-dealkylation sites (tertiary alicyclic amines) is 1. The summed E-state index contributed by atoms with van der Waals surface area (Å²) in [6.45, 7) is 0.896. The molecule has 1 aliphatic heterocycles. The maximum Gasteiger partial charge on any atom is 0.227 e. The van der Waals surface area contributed by atoms with Crippen molar-refractivity contribution in [1.82, 2.24) is 4.90 Å². The summed E-state index contributed by atoms with van der Waals surface area (Å²) in [5.41, 5.74) is 8.83. The Morgan fingerprint density at radius 1 is 1.04 bits per heavy atom. The van der Waals surface area contributed by atoms with Crippen molar-refractivity contribution >= 4 is 11.6 Å². The van der Waals surface area contributed by atoms with Gasteiger partial charge in [-0.1, -0.05) is 42.5 Å². The molecule has 1 amide bonds. The lowest BCUT2D eigenvalue weighted by Crippen LogP contribution is -2.36. The number of amides is 1. The van der Waals surface area contributed by atoms with Crippen molar-refractivity contribution in [2.75, 3.05) is 12.3 Å². The van der Waals surface area contributed by atoms with Crippen LogP contribution in [-0.2, 0) is 17.6 Å². The summed E-state index contributed by atoms with van der Waals surface area (Å²) in [5.74, 6) is 0.241. The van der Waals surface area contributed by atoms with E-state index in [1.165, 1.54) is 5.56 Å². The molecule has 0 bridgehead atoms. The maximum atomic E-state index is 12.6. The number of carbonyl (C=O) groups is 1. The lowest BCUT2D eigenvalue weighted by atomic mass is 10.0. The van der Waals surface area contributed by atoms with Crippen LogP contribution in [0.25, 0.3) is 0 Å². The number of nitrogen functional groups attached to an aromatic ring is 1. The lowest BCUT2D eigenvalue weighted by molar-refractivity contribution is -0.131. The van der Waals surface area contributed by atoms with Crippen molar-refractivity contribution < 1.29 is 4.79 Å². The highest BCUT2D eigenvalue weighted by Gasteiger charge is 2.28. The molecule has 3 rings (SSSR count). The number of aryl methyl sites for hydroxylation is 1. The second kappa shape index (κ2) is 7.32. The molecule has 2 aromatic carbocycles. The summed E-state index contributed by atoms with van der Waals surface area (Å²) in [6, 6.07) is 18.5. The largest absolute Gasteiger partial charge is 0.399 e. The highest BCUT2D eigenvalue weighted by atomic mass is 16.2. The first-order valence-electron chi connectivity index (χ1n) is 8.40. The molecule has 0 spiro atoms. The van der Waals surface area contributed by atoms with E-state index >= 15 is 0 Å². The Bertz CT molecular complexity index is 636. The van der Waals surface area contributed by atoms with Crippen LogP contribution in [-0.4, -0.2) is 23.4 Å². The average Bonchev–Trinajstić information content (AvgIpc) is 3.05. The minimum absolute atomic E-state index is 0.241. The Balaban J connectivity index is 1.57. The predicted octanol–water partition coefficient (Wildman–Crippen LogP) is 3.44. The summed E-state index contributed by atoms with van der Waals surface area (Å²) in [4.78, 5) is 14.7. The van der Waals surface area contributed by atoms with Gasteiger partial charge in [-0.05, 0) is 48.9 Å². The van der Waals surface area contributed by atoms with E-state index in [0.717, 1.165) is 43.5 Å². The van der Waals surface area contributed by atoms with E-state index in [9.17, 15) is 4.79 Å². The molecule has 23 heavy (non-hydrogen) atoms. The first-order valence-corrected chi connectivity index (χ1v) is 8.40. The number of hydrogen-bond donors (Lipinski definition) is 1. The molecular weight excluding hydrogens is 284 g/mol. The molecule has 0 radical (unpaired) electrons. The molecule has 1 atom stereocenters. The lowest BCUT2D eigenvalue weighted by Gasteiger charge is -2.25. The molecule has 0 unspecified atom stereocenters. The second-order valence-electron chi connectivity index (χ2n) is 6.33. The van der Waals surface area contributed by atoms with E-state index in [0.29, 0.717) is 12.5 Å². The highest BCUT2D eigenvalue weighted by Crippen LogP contribution is 2.23. The summed E-state index contributed by atoms with van der Waals surface area (Å²) >= 11 is 0. The van der Waals surface area contributed by atoms with Crippen LogP contribution in [0.1, 0.15) is 30.4 Å². The van der Waals surface area contributed by atoms with Crippen molar-refractivity contribution in [1.29, 1.82) is 0 Å². The third-order valence-corrected chi connectivity index (χ3v) is 4.64. The number of benzene rings is 2. The van der Waals surface area contributed by atoms with Crippen molar-refractivity contribution in [3.8, 4) is 0 Å². The van der Waals surface area contributed by atoms with Crippen LogP contribution >= 0.6 is 0 Å². The van der Waals surface area contributed by atoms with E-state index in [1.54, 1.807) is 0 Å². The fourth-order valence-corrected chi connectivity index (χ4v) is 3.35. The van der Waals surface area contributed by atoms with Crippen LogP contribution in [0, 0.1) is 0 Å². The minimum atomic E-state index is 0.241. The zero-order valence-electron chi connectivity index (χ0n) is 13.4. The molecule has 2 aromatic rings. The van der Waals surface area contributed by atoms with Crippen LogP contribution < -0.4 is 5.73 Å². The molecular formula is C20H24N2O. The molecule has 3 heteroatoms. The van der Waals surface area contributed by atoms with Gasteiger partial charge in [-0.2, -0.15) is 0 Å². The van der Waals surface area contributed by atoms with Gasteiger partial charge in [0.25, 0.3) is 0 Å². The van der Waals surface area contributed by atoms with Gasteiger partial charge in [0.2, 0.25) is 5.91 Å². The number of carbonyl (C=O) groups excluding carboxylic acids is 1. The Morgan fingerprint density at radius 3 is 2.52 bits per heavy atom. The van der Waals surface area contributed by atoms with Gasteiger partial charge in [0, 0.05) is 18.3 Å². The monoisotopic (exact) mass is 308 g/mol. The van der Waals surface area contributed by atoms with Crippen molar-refractivity contribution in [2.45, 2.75) is 38.1 Å². The average molecular weight is 308 g/mol. The highest BCUT2D eigenvalue weighted by molar-refractivity contribution is 5.79. The first kappa shape index (κ1) is 15.6. The summed E-state index contributed by atoms with van der Waals surface area (Å²) < 4.78 is 0. The van der Waals surface area contributed by atoms with Gasteiger partial charge in [-0.25, -0.2) is 0 Å². The number of hydrogen-bond acceptors (Lipinski definition) is 2. The minimum Gasteiger partial charge on any atom is -0.399 e. The van der Waals surface area contributed by atoms with Crippen molar-refractivity contribution in [3.05, 3.63) is 65.7 Å². The van der Waals surface area contributed by atoms with Gasteiger partial charge < -0.3 is 10.6 Å². The van der Waals surface area contributed by atoms with E-state index in [2.05, 4.69) is 29.2 Å². The van der Waals surface area contributed by atoms with Crippen molar-refractivity contribution in [2.24, 2.45) is 0 Å². The fourth-order valence-electron chi connectivity index (χ4n) is 3.35. The molecule has 1 heterocycles. The molecule has 1 saturated heterocycles. The first-order chi connectivity index (χ1) is 11.2. The fraction of sp³-hybridized carbons (Fsp3) is 0.350. The van der Waals surface area contributed by atoms with Gasteiger partial charge >= 0.3 is 0 Å². The van der Waals surface area contributed by atoms with E-state index in [1.807, 2.05) is 30.3 Å². The normalized spacial score (nSPS) is 17.4. The Hall–Kier alpha value is -2.29. The van der Waals surface area contributed by atoms with Crippen LogP contribution in [0.15, 0.2) is 54.6 Å². The van der Waals surface area contributed by atoms with E-state index in [4.69, 9.17) is 5.73 Å². The zero-order valence-corrected chi connectivity index (χ0v) is 13.4. The van der Waals surface area contributed by atoms with Crippen LogP contribution in [0.4, 0.5) is 5.69 Å². The second-order valence-corrected chi connectivity index (χ2v) is 6.33. The number of rotatable bonds is 5. The Kier molecular flexibility index (Phi) is 4.96. The van der Waals surface area contributed by atoms with Gasteiger partial charge in [0.1, 0.15) is 0 Å². The smallest absolute Gasteiger partial charge is 0.227 e. The Morgan fingerprint density at radius 2 is 1.78 bits per heavy atom. The molecule has 3 nitrogen and oxygen atoms in total. The quantitative estimate of drug-likeness (QED) is 0.860. The summed E-state index contributed by atoms with van der Waals surface area (Å²) in [7, 11) is 0. The molecule has 1 aliphatic rings. The molecule has 2 N–H and O–H groups in total. The predicted molar refractivity (Wildman–Crippen MR) is 94.1 cm³/mol. The number of nitrogens with two attached hydrogens (primary N) is 1. The number of nitrogens with zero attached hydrogens (tertiary/aromatic N) is 1. The van der Waals surface area contributed by atoms with Crippen LogP contribution in [0.3, 0.4) is 0 Å². The topological polar surface area (TPSA) is 46.3 Å². The molecule has 1 fully saturated rings.